The Kier molecular flexibility index (Phi) is 5.29. The lowest BCUT2D eigenvalue weighted by molar-refractivity contribution is 0.0913. The molecular weight excluding hydrogens is 472 g/mol. The Balaban J connectivity index is 2.16. The largest absolute Gasteiger partial charge is 0.506 e. The van der Waals surface area contributed by atoms with Gasteiger partial charge in [0.2, 0.25) is 0 Å². The average molecular weight is 487 g/mol. The molecule has 1 aromatic rings. The van der Waals surface area contributed by atoms with Crippen LogP contribution in [-0.4, -0.2) is 28.8 Å². The summed E-state index contributed by atoms with van der Waals surface area (Å²) in [5.74, 6) is -0.107. The molecule has 2 atom stereocenters. The van der Waals surface area contributed by atoms with Crippen molar-refractivity contribution in [2.45, 2.75) is 25.3 Å². The Hall–Kier alpha value is -0.0900. The number of carbonyl (C=O) groups is 1. The van der Waals surface area contributed by atoms with Gasteiger partial charge in [0, 0.05) is 22.1 Å². The normalized spacial score (nSPS) is 22.5. The highest BCUT2D eigenvalue weighted by Gasteiger charge is 2.29. The number of aliphatic hydroxyl groups excluding tert-OH is 1. The summed E-state index contributed by atoms with van der Waals surface area (Å²) in [6.07, 6.45) is 2.85. The van der Waals surface area contributed by atoms with Crippen molar-refractivity contribution in [2.24, 2.45) is 5.92 Å². The van der Waals surface area contributed by atoms with Crippen LogP contribution in [0.25, 0.3) is 0 Å². The molecule has 2 rings (SSSR count). The minimum Gasteiger partial charge on any atom is -0.506 e. The second-order valence-electron chi connectivity index (χ2n) is 4.74. The molecule has 0 aromatic heterocycles. The smallest absolute Gasteiger partial charge is 0.255 e. The first-order chi connectivity index (χ1) is 9.02. The fourth-order valence-electron chi connectivity index (χ4n) is 2.43. The zero-order valence-electron chi connectivity index (χ0n) is 10.2. The van der Waals surface area contributed by atoms with Crippen LogP contribution in [0, 0.1) is 13.1 Å². The molecule has 6 heteroatoms. The molecule has 4 nitrogen and oxygen atoms in total. The highest BCUT2D eigenvalue weighted by Crippen LogP contribution is 2.29. The van der Waals surface area contributed by atoms with Gasteiger partial charge >= 0.3 is 0 Å². The van der Waals surface area contributed by atoms with Crippen molar-refractivity contribution in [2.75, 3.05) is 6.61 Å². The van der Waals surface area contributed by atoms with E-state index in [-0.39, 0.29) is 30.2 Å². The fraction of sp³-hybridized carbons (Fsp3) is 0.462. The molecule has 0 aliphatic heterocycles. The maximum absolute atomic E-state index is 12.2. The van der Waals surface area contributed by atoms with Gasteiger partial charge in [0.05, 0.1) is 9.13 Å². The standard InChI is InChI=1S/C13H15I2NO3/c14-8-4-9(12(18)10(15)5-8)13(19)16-11-3-1-2-7(11)6-17/h4-5,7,11,17-18H,1-3,6H2,(H,16,19). The Morgan fingerprint density at radius 2 is 2.11 bits per heavy atom. The van der Waals surface area contributed by atoms with E-state index in [1.54, 1.807) is 6.07 Å². The van der Waals surface area contributed by atoms with E-state index in [1.807, 2.05) is 28.7 Å². The van der Waals surface area contributed by atoms with Gasteiger partial charge in [0.25, 0.3) is 5.91 Å². The van der Waals surface area contributed by atoms with Crippen molar-refractivity contribution in [1.29, 1.82) is 0 Å². The van der Waals surface area contributed by atoms with Crippen LogP contribution in [-0.2, 0) is 0 Å². The maximum atomic E-state index is 12.2. The summed E-state index contributed by atoms with van der Waals surface area (Å²) in [6.45, 7) is 0.0980. The van der Waals surface area contributed by atoms with Crippen LogP contribution in [0.5, 0.6) is 5.75 Å². The van der Waals surface area contributed by atoms with Crippen LogP contribution in [0.2, 0.25) is 0 Å². The predicted molar refractivity (Wildman–Crippen MR) is 89.2 cm³/mol. The van der Waals surface area contributed by atoms with Gasteiger partial charge in [-0.25, -0.2) is 0 Å². The molecule has 1 aliphatic carbocycles. The first-order valence-corrected chi connectivity index (χ1v) is 8.28. The van der Waals surface area contributed by atoms with Crippen molar-refractivity contribution >= 4 is 51.1 Å². The SMILES string of the molecule is O=C(NC1CCCC1CO)c1cc(I)cc(I)c1O. The molecule has 0 radical (unpaired) electrons. The second kappa shape index (κ2) is 6.57. The molecule has 1 amide bonds. The Bertz CT molecular complexity index is 493. The maximum Gasteiger partial charge on any atom is 0.255 e. The van der Waals surface area contributed by atoms with Gasteiger partial charge in [0.1, 0.15) is 5.75 Å². The van der Waals surface area contributed by atoms with Gasteiger partial charge in [-0.15, -0.1) is 0 Å². The van der Waals surface area contributed by atoms with Crippen LogP contribution in [0.3, 0.4) is 0 Å². The van der Waals surface area contributed by atoms with E-state index in [4.69, 9.17) is 0 Å². The minimum atomic E-state index is -0.265. The van der Waals surface area contributed by atoms with Crippen molar-refractivity contribution in [1.82, 2.24) is 5.32 Å². The number of halogens is 2. The van der Waals surface area contributed by atoms with E-state index in [9.17, 15) is 15.0 Å². The molecule has 0 spiro atoms. The number of benzene rings is 1. The molecular formula is C13H15I2NO3. The number of carbonyl (C=O) groups excluding carboxylic acids is 1. The van der Waals surface area contributed by atoms with E-state index in [1.165, 1.54) is 0 Å². The van der Waals surface area contributed by atoms with E-state index < -0.39 is 0 Å². The predicted octanol–water partition coefficient (Wildman–Crippen LogP) is 2.49. The first-order valence-electron chi connectivity index (χ1n) is 6.12. The molecule has 2 unspecified atom stereocenters. The third-order valence-electron chi connectivity index (χ3n) is 3.48. The van der Waals surface area contributed by atoms with Gasteiger partial charge in [0.15, 0.2) is 0 Å². The van der Waals surface area contributed by atoms with Crippen LogP contribution >= 0.6 is 45.2 Å². The fourth-order valence-corrected chi connectivity index (χ4v) is 4.28. The summed E-state index contributed by atoms with van der Waals surface area (Å²) in [5, 5.41) is 22.2. The number of amides is 1. The van der Waals surface area contributed by atoms with Gasteiger partial charge < -0.3 is 15.5 Å². The molecule has 3 N–H and O–H groups in total. The van der Waals surface area contributed by atoms with Crippen molar-refractivity contribution < 1.29 is 15.0 Å². The lowest BCUT2D eigenvalue weighted by atomic mass is 10.0. The van der Waals surface area contributed by atoms with Crippen molar-refractivity contribution in [3.8, 4) is 5.75 Å². The molecule has 1 aliphatic rings. The Labute approximate surface area is 139 Å². The highest BCUT2D eigenvalue weighted by atomic mass is 127. The van der Waals surface area contributed by atoms with Crippen LogP contribution in [0.4, 0.5) is 0 Å². The minimum absolute atomic E-state index is 0.00688. The highest BCUT2D eigenvalue weighted by molar-refractivity contribution is 14.1. The molecule has 104 valence electrons. The number of aromatic hydroxyl groups is 1. The van der Waals surface area contributed by atoms with Gasteiger partial charge in [-0.3, -0.25) is 4.79 Å². The van der Waals surface area contributed by atoms with Gasteiger partial charge in [-0.05, 0) is 70.2 Å². The number of nitrogens with one attached hydrogen (secondary N) is 1. The van der Waals surface area contributed by atoms with Crippen molar-refractivity contribution in [3.63, 3.8) is 0 Å². The summed E-state index contributed by atoms with van der Waals surface area (Å²) in [6, 6.07) is 3.50. The molecule has 1 saturated carbocycles. The van der Waals surface area contributed by atoms with Crippen LogP contribution in [0.1, 0.15) is 29.6 Å². The Morgan fingerprint density at radius 3 is 2.79 bits per heavy atom. The van der Waals surface area contributed by atoms with Crippen LogP contribution < -0.4 is 5.32 Å². The summed E-state index contributed by atoms with van der Waals surface area (Å²) in [5.41, 5.74) is 0.305. The topological polar surface area (TPSA) is 69.6 Å². The van der Waals surface area contributed by atoms with Crippen molar-refractivity contribution in [3.05, 3.63) is 24.8 Å². The zero-order chi connectivity index (χ0) is 14.0. The van der Waals surface area contributed by atoms with E-state index >= 15 is 0 Å². The third kappa shape index (κ3) is 3.52. The number of rotatable bonds is 3. The van der Waals surface area contributed by atoms with Gasteiger partial charge in [-0.1, -0.05) is 6.42 Å². The number of aliphatic hydroxyl groups is 1. The number of phenolic OH excluding ortho intramolecular Hbond substituents is 1. The molecule has 0 heterocycles. The zero-order valence-corrected chi connectivity index (χ0v) is 14.5. The monoisotopic (exact) mass is 487 g/mol. The summed E-state index contributed by atoms with van der Waals surface area (Å²) in [7, 11) is 0. The first kappa shape index (κ1) is 15.3. The molecule has 0 saturated heterocycles. The van der Waals surface area contributed by atoms with E-state index in [0.29, 0.717) is 9.13 Å². The quantitative estimate of drug-likeness (QED) is 0.575. The molecule has 1 aromatic carbocycles. The summed E-state index contributed by atoms with van der Waals surface area (Å²) < 4.78 is 1.58. The number of hydrogen-bond acceptors (Lipinski definition) is 3. The number of hydrogen-bond donors (Lipinski definition) is 3. The number of phenols is 1. The lowest BCUT2D eigenvalue weighted by Crippen LogP contribution is -2.38. The Morgan fingerprint density at radius 1 is 1.37 bits per heavy atom. The summed E-state index contributed by atoms with van der Waals surface area (Å²) >= 11 is 4.13. The van der Waals surface area contributed by atoms with E-state index in [0.717, 1.165) is 22.8 Å². The molecule has 1 fully saturated rings. The summed E-state index contributed by atoms with van der Waals surface area (Å²) in [4.78, 5) is 12.2. The lowest BCUT2D eigenvalue weighted by Gasteiger charge is -2.19. The van der Waals surface area contributed by atoms with E-state index in [2.05, 4.69) is 27.9 Å². The average Bonchev–Trinajstić information content (AvgIpc) is 2.80. The molecule has 0 bridgehead atoms. The molecule has 19 heavy (non-hydrogen) atoms. The van der Waals surface area contributed by atoms with Crippen LogP contribution in [0.15, 0.2) is 12.1 Å². The third-order valence-corrected chi connectivity index (χ3v) is 4.93. The second-order valence-corrected chi connectivity index (χ2v) is 7.15. The van der Waals surface area contributed by atoms with Gasteiger partial charge in [-0.2, -0.15) is 0 Å².